The van der Waals surface area contributed by atoms with Crippen molar-refractivity contribution >= 4 is 11.8 Å². The van der Waals surface area contributed by atoms with Crippen molar-refractivity contribution in [1.82, 2.24) is 0 Å². The molecular formula is C13H19NS. The highest BCUT2D eigenvalue weighted by molar-refractivity contribution is 7.99. The maximum absolute atomic E-state index is 5.96. The Hall–Kier alpha value is -0.470. The molecule has 15 heavy (non-hydrogen) atoms. The minimum atomic E-state index is 0.391. The summed E-state index contributed by atoms with van der Waals surface area (Å²) in [7, 11) is 0. The fourth-order valence-electron chi connectivity index (χ4n) is 2.09. The van der Waals surface area contributed by atoms with Crippen LogP contribution in [0.5, 0.6) is 0 Å². The van der Waals surface area contributed by atoms with Crippen LogP contribution in [0.4, 0.5) is 0 Å². The van der Waals surface area contributed by atoms with Gasteiger partial charge in [0.15, 0.2) is 0 Å². The lowest BCUT2D eigenvalue weighted by atomic mass is 9.94. The Morgan fingerprint density at radius 3 is 3.07 bits per heavy atom. The molecular weight excluding hydrogens is 202 g/mol. The summed E-state index contributed by atoms with van der Waals surface area (Å²) in [6.45, 7) is 2.17. The third-order valence-corrected chi connectivity index (χ3v) is 4.46. The van der Waals surface area contributed by atoms with Crippen LogP contribution in [0.25, 0.3) is 0 Å². The highest BCUT2D eigenvalue weighted by Gasteiger charge is 2.22. The summed E-state index contributed by atoms with van der Waals surface area (Å²) in [4.78, 5) is 1.48. The molecule has 1 nitrogen and oxygen atoms in total. The highest BCUT2D eigenvalue weighted by Crippen LogP contribution is 2.41. The molecule has 0 amide bonds. The van der Waals surface area contributed by atoms with Crippen molar-refractivity contribution in [2.75, 3.05) is 5.75 Å². The topological polar surface area (TPSA) is 26.0 Å². The molecule has 2 N–H and O–H groups in total. The zero-order chi connectivity index (χ0) is 10.7. The summed E-state index contributed by atoms with van der Waals surface area (Å²) in [5.41, 5.74) is 7.51. The molecule has 2 atom stereocenters. The van der Waals surface area contributed by atoms with Crippen molar-refractivity contribution < 1.29 is 0 Å². The highest BCUT2D eigenvalue weighted by atomic mass is 32.2. The fourth-order valence-corrected chi connectivity index (χ4v) is 3.39. The fraction of sp³-hybridized carbons (Fsp3) is 0.538. The second-order valence-electron chi connectivity index (χ2n) is 4.29. The normalized spacial score (nSPS) is 21.3. The van der Waals surface area contributed by atoms with E-state index in [-0.39, 0.29) is 0 Å². The van der Waals surface area contributed by atoms with Gasteiger partial charge in [0, 0.05) is 16.7 Å². The Morgan fingerprint density at radius 1 is 1.47 bits per heavy atom. The standard InChI is InChI=1S/C13H19NS/c1-2-11(14)8-7-10-9-15-13-6-4-3-5-12(10)13/h3-6,10-11H,2,7-9,14H2,1H3. The van der Waals surface area contributed by atoms with Gasteiger partial charge in [-0.2, -0.15) is 0 Å². The van der Waals surface area contributed by atoms with Crippen LogP contribution in [0.2, 0.25) is 0 Å². The maximum atomic E-state index is 5.96. The zero-order valence-corrected chi connectivity index (χ0v) is 10.1. The molecule has 0 aromatic heterocycles. The molecule has 1 aliphatic heterocycles. The first-order chi connectivity index (χ1) is 7.31. The van der Waals surface area contributed by atoms with Gasteiger partial charge in [-0.25, -0.2) is 0 Å². The van der Waals surface area contributed by atoms with Crippen molar-refractivity contribution in [1.29, 1.82) is 0 Å². The number of rotatable bonds is 4. The van der Waals surface area contributed by atoms with Gasteiger partial charge >= 0.3 is 0 Å². The molecule has 82 valence electrons. The van der Waals surface area contributed by atoms with Crippen molar-refractivity contribution in [3.63, 3.8) is 0 Å². The summed E-state index contributed by atoms with van der Waals surface area (Å²) in [5, 5.41) is 0. The first-order valence-electron chi connectivity index (χ1n) is 5.78. The van der Waals surface area contributed by atoms with Crippen molar-refractivity contribution in [3.05, 3.63) is 29.8 Å². The van der Waals surface area contributed by atoms with E-state index in [9.17, 15) is 0 Å². The number of fused-ring (bicyclic) bond motifs is 1. The monoisotopic (exact) mass is 221 g/mol. The minimum absolute atomic E-state index is 0.391. The van der Waals surface area contributed by atoms with E-state index in [1.807, 2.05) is 11.8 Å². The Morgan fingerprint density at radius 2 is 2.27 bits per heavy atom. The largest absolute Gasteiger partial charge is 0.328 e. The lowest BCUT2D eigenvalue weighted by Gasteiger charge is -2.13. The molecule has 1 aliphatic rings. The smallest absolute Gasteiger partial charge is 0.0107 e. The number of thioether (sulfide) groups is 1. The molecule has 0 fully saturated rings. The van der Waals surface area contributed by atoms with E-state index in [0.717, 1.165) is 18.8 Å². The van der Waals surface area contributed by atoms with Crippen LogP contribution in [-0.4, -0.2) is 11.8 Å². The second kappa shape index (κ2) is 5.04. The van der Waals surface area contributed by atoms with E-state index >= 15 is 0 Å². The van der Waals surface area contributed by atoms with Crippen LogP contribution >= 0.6 is 11.8 Å². The Labute approximate surface area is 96.4 Å². The second-order valence-corrected chi connectivity index (χ2v) is 5.35. The minimum Gasteiger partial charge on any atom is -0.328 e. The average molecular weight is 221 g/mol. The summed E-state index contributed by atoms with van der Waals surface area (Å²) in [5.74, 6) is 1.99. The Balaban J connectivity index is 1.96. The van der Waals surface area contributed by atoms with Gasteiger partial charge in [0.1, 0.15) is 0 Å². The van der Waals surface area contributed by atoms with Crippen LogP contribution in [-0.2, 0) is 0 Å². The third-order valence-electron chi connectivity index (χ3n) is 3.21. The van der Waals surface area contributed by atoms with E-state index in [2.05, 4.69) is 31.2 Å². The van der Waals surface area contributed by atoms with Gasteiger partial charge in [-0.3, -0.25) is 0 Å². The lowest BCUT2D eigenvalue weighted by molar-refractivity contribution is 0.534. The summed E-state index contributed by atoms with van der Waals surface area (Å²) in [6.07, 6.45) is 3.51. The van der Waals surface area contributed by atoms with Crippen LogP contribution in [0.3, 0.4) is 0 Å². The zero-order valence-electron chi connectivity index (χ0n) is 9.28. The van der Waals surface area contributed by atoms with Gasteiger partial charge in [0.25, 0.3) is 0 Å². The molecule has 1 heterocycles. The van der Waals surface area contributed by atoms with Crippen molar-refractivity contribution in [2.24, 2.45) is 5.73 Å². The van der Waals surface area contributed by atoms with Gasteiger partial charge < -0.3 is 5.73 Å². The first kappa shape index (κ1) is 11.0. The van der Waals surface area contributed by atoms with Crippen molar-refractivity contribution in [2.45, 2.75) is 43.0 Å². The van der Waals surface area contributed by atoms with Gasteiger partial charge in [-0.15, -0.1) is 11.8 Å². The number of benzene rings is 1. The number of hydrogen-bond acceptors (Lipinski definition) is 2. The SMILES string of the molecule is CCC(N)CCC1CSc2ccccc21. The van der Waals surface area contributed by atoms with Gasteiger partial charge in [0.05, 0.1) is 0 Å². The molecule has 1 aromatic carbocycles. The van der Waals surface area contributed by atoms with E-state index in [1.54, 1.807) is 5.56 Å². The average Bonchev–Trinajstić information content (AvgIpc) is 2.69. The van der Waals surface area contributed by atoms with Crippen LogP contribution in [0.1, 0.15) is 37.7 Å². The molecule has 0 radical (unpaired) electrons. The van der Waals surface area contributed by atoms with Crippen LogP contribution < -0.4 is 5.73 Å². The summed E-state index contributed by atoms with van der Waals surface area (Å²) < 4.78 is 0. The van der Waals surface area contributed by atoms with Crippen LogP contribution in [0.15, 0.2) is 29.2 Å². The predicted octanol–water partition coefficient (Wildman–Crippen LogP) is 3.39. The molecule has 0 saturated carbocycles. The lowest BCUT2D eigenvalue weighted by Crippen LogP contribution is -2.19. The van der Waals surface area contributed by atoms with Crippen molar-refractivity contribution in [3.8, 4) is 0 Å². The molecule has 0 saturated heterocycles. The predicted molar refractivity (Wildman–Crippen MR) is 67.4 cm³/mol. The molecule has 2 unspecified atom stereocenters. The molecule has 0 bridgehead atoms. The molecule has 2 heteroatoms. The summed E-state index contributed by atoms with van der Waals surface area (Å²) >= 11 is 1.99. The van der Waals surface area contributed by atoms with Gasteiger partial charge in [-0.05, 0) is 36.8 Å². The maximum Gasteiger partial charge on any atom is 0.0107 e. The Kier molecular flexibility index (Phi) is 3.71. The van der Waals surface area contributed by atoms with Gasteiger partial charge in [-0.1, -0.05) is 25.1 Å². The Bertz CT molecular complexity index is 324. The first-order valence-corrected chi connectivity index (χ1v) is 6.77. The summed E-state index contributed by atoms with van der Waals surface area (Å²) in [6, 6.07) is 9.18. The quantitative estimate of drug-likeness (QED) is 0.843. The number of nitrogens with two attached hydrogens (primary N) is 1. The van der Waals surface area contributed by atoms with Crippen LogP contribution in [0, 0.1) is 0 Å². The van der Waals surface area contributed by atoms with E-state index in [4.69, 9.17) is 5.73 Å². The molecule has 0 aliphatic carbocycles. The van der Waals surface area contributed by atoms with E-state index in [0.29, 0.717) is 6.04 Å². The molecule has 1 aromatic rings. The molecule has 2 rings (SSSR count). The van der Waals surface area contributed by atoms with Gasteiger partial charge in [0.2, 0.25) is 0 Å². The molecule has 0 spiro atoms. The number of hydrogen-bond donors (Lipinski definition) is 1. The van der Waals surface area contributed by atoms with E-state index < -0.39 is 0 Å². The van der Waals surface area contributed by atoms with E-state index in [1.165, 1.54) is 17.1 Å². The third kappa shape index (κ3) is 2.56.